The molecule has 0 amide bonds. The topological polar surface area (TPSA) is 58.5 Å². The number of nitrogens with one attached hydrogen (secondary N) is 2. The van der Waals surface area contributed by atoms with Crippen molar-refractivity contribution in [3.8, 4) is 0 Å². The molecule has 1 aromatic rings. The van der Waals surface area contributed by atoms with Crippen LogP contribution in [-0.2, 0) is 11.2 Å². The fraction of sp³-hybridized carbons (Fsp3) is 0.500. The first-order valence-electron chi connectivity index (χ1n) is 5.70. The van der Waals surface area contributed by atoms with Gasteiger partial charge in [-0.2, -0.15) is 0 Å². The number of methoxy groups -OCH3 is 1. The van der Waals surface area contributed by atoms with Crippen molar-refractivity contribution >= 4 is 5.96 Å². The van der Waals surface area contributed by atoms with Gasteiger partial charge in [-0.1, -0.05) is 6.07 Å². The quantitative estimate of drug-likeness (QED) is 0.427. The summed E-state index contributed by atoms with van der Waals surface area (Å²) in [5.74, 6) is 0.790. The first kappa shape index (κ1) is 13.4. The predicted octanol–water partition coefficient (Wildman–Crippen LogP) is 0.435. The first-order valence-corrected chi connectivity index (χ1v) is 5.70. The van der Waals surface area contributed by atoms with Gasteiger partial charge < -0.3 is 15.4 Å². The summed E-state index contributed by atoms with van der Waals surface area (Å²) in [4.78, 5) is 8.37. The molecule has 0 fully saturated rings. The average Bonchev–Trinajstić information content (AvgIpc) is 2.38. The van der Waals surface area contributed by atoms with Crippen LogP contribution in [0.3, 0.4) is 0 Å². The van der Waals surface area contributed by atoms with E-state index in [-0.39, 0.29) is 0 Å². The first-order chi connectivity index (χ1) is 8.36. The van der Waals surface area contributed by atoms with Gasteiger partial charge in [0, 0.05) is 45.6 Å². The Morgan fingerprint density at radius 2 is 2.18 bits per heavy atom. The van der Waals surface area contributed by atoms with Gasteiger partial charge in [0.2, 0.25) is 0 Å². The van der Waals surface area contributed by atoms with Gasteiger partial charge in [0.05, 0.1) is 6.61 Å². The third-order valence-corrected chi connectivity index (χ3v) is 2.22. The monoisotopic (exact) mass is 236 g/mol. The lowest BCUT2D eigenvalue weighted by molar-refractivity contribution is 0.203. The number of nitrogens with zero attached hydrogens (tertiary/aromatic N) is 2. The molecule has 5 nitrogen and oxygen atoms in total. The van der Waals surface area contributed by atoms with Gasteiger partial charge in [0.1, 0.15) is 0 Å². The van der Waals surface area contributed by atoms with E-state index in [2.05, 4.69) is 20.6 Å². The molecule has 5 heteroatoms. The zero-order valence-corrected chi connectivity index (χ0v) is 10.4. The summed E-state index contributed by atoms with van der Waals surface area (Å²) in [6, 6.07) is 5.93. The second-order valence-electron chi connectivity index (χ2n) is 3.49. The zero-order chi connectivity index (χ0) is 12.3. The van der Waals surface area contributed by atoms with E-state index in [4.69, 9.17) is 4.74 Å². The lowest BCUT2D eigenvalue weighted by Crippen LogP contribution is -2.39. The molecule has 94 valence electrons. The van der Waals surface area contributed by atoms with E-state index in [1.165, 1.54) is 0 Å². The zero-order valence-electron chi connectivity index (χ0n) is 10.4. The number of aliphatic imine (C=N–C) groups is 1. The van der Waals surface area contributed by atoms with Crippen LogP contribution in [0.15, 0.2) is 29.4 Å². The molecule has 1 aromatic heterocycles. The standard InChI is InChI=1S/C12H20N4O/c1-13-12(16-9-10-17-2)15-8-6-11-5-3-4-7-14-11/h3-5,7H,6,8-10H2,1-2H3,(H2,13,15,16). The van der Waals surface area contributed by atoms with Crippen LogP contribution in [0, 0.1) is 0 Å². The number of guanidine groups is 1. The Morgan fingerprint density at radius 1 is 1.35 bits per heavy atom. The van der Waals surface area contributed by atoms with Gasteiger partial charge in [-0.15, -0.1) is 0 Å². The van der Waals surface area contributed by atoms with Gasteiger partial charge in [0.15, 0.2) is 5.96 Å². The van der Waals surface area contributed by atoms with E-state index < -0.39 is 0 Å². The number of ether oxygens (including phenoxy) is 1. The molecular formula is C12H20N4O. The minimum atomic E-state index is 0.668. The second-order valence-corrected chi connectivity index (χ2v) is 3.49. The maximum atomic E-state index is 4.96. The lowest BCUT2D eigenvalue weighted by Gasteiger charge is -2.11. The Bertz CT molecular complexity index is 327. The lowest BCUT2D eigenvalue weighted by atomic mass is 10.3. The van der Waals surface area contributed by atoms with Crippen molar-refractivity contribution in [3.63, 3.8) is 0 Å². The van der Waals surface area contributed by atoms with Crippen LogP contribution in [0.4, 0.5) is 0 Å². The molecule has 0 radical (unpaired) electrons. The van der Waals surface area contributed by atoms with Crippen molar-refractivity contribution in [1.29, 1.82) is 0 Å². The van der Waals surface area contributed by atoms with Crippen molar-refractivity contribution in [2.75, 3.05) is 33.9 Å². The summed E-state index contributed by atoms with van der Waals surface area (Å²) in [5, 5.41) is 6.37. The largest absolute Gasteiger partial charge is 0.383 e. The molecule has 0 spiro atoms. The minimum absolute atomic E-state index is 0.668. The molecule has 1 heterocycles. The number of aromatic nitrogens is 1. The van der Waals surface area contributed by atoms with E-state index in [1.807, 2.05) is 18.2 Å². The summed E-state index contributed by atoms with van der Waals surface area (Å²) in [7, 11) is 3.43. The van der Waals surface area contributed by atoms with Crippen LogP contribution in [0.25, 0.3) is 0 Å². The van der Waals surface area contributed by atoms with E-state index in [9.17, 15) is 0 Å². The molecule has 0 bridgehead atoms. The number of hydrogen-bond acceptors (Lipinski definition) is 3. The van der Waals surface area contributed by atoms with E-state index in [1.54, 1.807) is 20.4 Å². The average molecular weight is 236 g/mol. The smallest absolute Gasteiger partial charge is 0.191 e. The van der Waals surface area contributed by atoms with E-state index in [0.29, 0.717) is 6.61 Å². The number of pyridine rings is 1. The van der Waals surface area contributed by atoms with Gasteiger partial charge in [-0.25, -0.2) is 0 Å². The number of rotatable bonds is 6. The number of hydrogen-bond donors (Lipinski definition) is 2. The third kappa shape index (κ3) is 5.87. The molecule has 0 saturated carbocycles. The molecule has 17 heavy (non-hydrogen) atoms. The summed E-state index contributed by atoms with van der Waals surface area (Å²) < 4.78 is 4.96. The summed E-state index contributed by atoms with van der Waals surface area (Å²) in [5.41, 5.74) is 1.08. The SMILES string of the molecule is CN=C(NCCOC)NCCc1ccccn1. The highest BCUT2D eigenvalue weighted by Gasteiger charge is 1.97. The predicted molar refractivity (Wildman–Crippen MR) is 69.2 cm³/mol. The molecule has 0 aliphatic heterocycles. The fourth-order valence-corrected chi connectivity index (χ4v) is 1.35. The van der Waals surface area contributed by atoms with Gasteiger partial charge in [0.25, 0.3) is 0 Å². The minimum Gasteiger partial charge on any atom is -0.383 e. The molecule has 0 saturated heterocycles. The molecule has 1 rings (SSSR count). The fourth-order valence-electron chi connectivity index (χ4n) is 1.35. The maximum absolute atomic E-state index is 4.96. The van der Waals surface area contributed by atoms with Crippen LogP contribution in [0.1, 0.15) is 5.69 Å². The molecule has 0 unspecified atom stereocenters. The van der Waals surface area contributed by atoms with Crippen molar-refractivity contribution in [3.05, 3.63) is 30.1 Å². The van der Waals surface area contributed by atoms with Crippen LogP contribution in [0.2, 0.25) is 0 Å². The molecule has 0 aromatic carbocycles. The van der Waals surface area contributed by atoms with Crippen molar-refractivity contribution < 1.29 is 4.74 Å². The third-order valence-electron chi connectivity index (χ3n) is 2.22. The highest BCUT2D eigenvalue weighted by molar-refractivity contribution is 5.79. The van der Waals surface area contributed by atoms with Crippen molar-refractivity contribution in [2.45, 2.75) is 6.42 Å². The Hall–Kier alpha value is -1.62. The Kier molecular flexibility index (Phi) is 6.74. The van der Waals surface area contributed by atoms with Crippen LogP contribution in [0.5, 0.6) is 0 Å². The van der Waals surface area contributed by atoms with Crippen molar-refractivity contribution in [1.82, 2.24) is 15.6 Å². The normalized spacial score (nSPS) is 11.3. The Labute approximate surface area is 102 Å². The second kappa shape index (κ2) is 8.52. The van der Waals surface area contributed by atoms with Crippen LogP contribution < -0.4 is 10.6 Å². The van der Waals surface area contributed by atoms with Gasteiger partial charge >= 0.3 is 0 Å². The molecule has 0 atom stereocenters. The van der Waals surface area contributed by atoms with Crippen LogP contribution in [-0.4, -0.2) is 44.8 Å². The molecule has 0 aliphatic carbocycles. The highest BCUT2D eigenvalue weighted by Crippen LogP contribution is 1.92. The maximum Gasteiger partial charge on any atom is 0.191 e. The summed E-state index contributed by atoms with van der Waals surface area (Å²) >= 11 is 0. The molecular weight excluding hydrogens is 216 g/mol. The van der Waals surface area contributed by atoms with E-state index >= 15 is 0 Å². The summed E-state index contributed by atoms with van der Waals surface area (Å²) in [6.07, 6.45) is 2.69. The highest BCUT2D eigenvalue weighted by atomic mass is 16.5. The van der Waals surface area contributed by atoms with Gasteiger partial charge in [-0.3, -0.25) is 9.98 Å². The van der Waals surface area contributed by atoms with Crippen molar-refractivity contribution in [2.24, 2.45) is 4.99 Å². The Morgan fingerprint density at radius 3 is 2.82 bits per heavy atom. The molecule has 0 aliphatic rings. The Balaban J connectivity index is 2.20. The van der Waals surface area contributed by atoms with Crippen LogP contribution >= 0.6 is 0 Å². The summed E-state index contributed by atoms with van der Waals surface area (Å²) in [6.45, 7) is 2.23. The molecule has 2 N–H and O–H groups in total. The van der Waals surface area contributed by atoms with Gasteiger partial charge in [-0.05, 0) is 12.1 Å². The van der Waals surface area contributed by atoms with E-state index in [0.717, 1.165) is 31.2 Å².